The number of aliphatic imine (C=N–C) groups is 1. The maximum atomic E-state index is 11.5. The van der Waals surface area contributed by atoms with Crippen LogP contribution >= 0.6 is 24.0 Å². The second-order valence-corrected chi connectivity index (χ2v) is 9.36. The van der Waals surface area contributed by atoms with Crippen molar-refractivity contribution in [1.82, 2.24) is 20.3 Å². The lowest BCUT2D eigenvalue weighted by molar-refractivity contribution is 0.215. The van der Waals surface area contributed by atoms with Crippen LogP contribution in [-0.4, -0.2) is 63.8 Å². The molecule has 0 aliphatic carbocycles. The van der Waals surface area contributed by atoms with E-state index in [-0.39, 0.29) is 30.0 Å². The molecule has 1 saturated heterocycles. The van der Waals surface area contributed by atoms with E-state index in [1.165, 1.54) is 12.8 Å². The number of hydrogen-bond acceptors (Lipinski definition) is 5. The summed E-state index contributed by atoms with van der Waals surface area (Å²) in [5.74, 6) is 1.61. The molecule has 1 aromatic heterocycles. The smallest absolute Gasteiger partial charge is 0.209 e. The third-order valence-corrected chi connectivity index (χ3v) is 5.28. The van der Waals surface area contributed by atoms with Crippen LogP contribution < -0.4 is 15.4 Å². The summed E-state index contributed by atoms with van der Waals surface area (Å²) >= 11 is 0. The predicted molar refractivity (Wildman–Crippen MR) is 124 cm³/mol. The Morgan fingerprint density at radius 3 is 2.54 bits per heavy atom. The highest BCUT2D eigenvalue weighted by Gasteiger charge is 2.26. The van der Waals surface area contributed by atoms with E-state index in [4.69, 9.17) is 4.42 Å². The van der Waals surface area contributed by atoms with Gasteiger partial charge in [0.2, 0.25) is 10.0 Å². The summed E-state index contributed by atoms with van der Waals surface area (Å²) in [7, 11) is -3.29. The van der Waals surface area contributed by atoms with Gasteiger partial charge in [0.25, 0.3) is 0 Å². The van der Waals surface area contributed by atoms with Gasteiger partial charge in [-0.15, -0.1) is 24.0 Å². The van der Waals surface area contributed by atoms with E-state index in [1.54, 1.807) is 6.26 Å². The molecule has 10 heteroatoms. The lowest BCUT2D eigenvalue weighted by Crippen LogP contribution is -2.47. The van der Waals surface area contributed by atoms with Crippen LogP contribution in [0.25, 0.3) is 0 Å². The molecule has 0 saturated carbocycles. The summed E-state index contributed by atoms with van der Waals surface area (Å²) < 4.78 is 31.3. The monoisotopic (exact) mass is 527 g/mol. The van der Waals surface area contributed by atoms with E-state index < -0.39 is 15.6 Å². The number of furan rings is 1. The van der Waals surface area contributed by atoms with E-state index in [0.717, 1.165) is 31.7 Å². The fourth-order valence-corrected chi connectivity index (χ4v) is 4.36. The van der Waals surface area contributed by atoms with Crippen LogP contribution in [0.2, 0.25) is 0 Å². The molecular weight excluding hydrogens is 493 g/mol. The summed E-state index contributed by atoms with van der Waals surface area (Å²) in [4.78, 5) is 6.99. The van der Waals surface area contributed by atoms with Gasteiger partial charge >= 0.3 is 0 Å². The molecule has 0 aromatic carbocycles. The number of nitrogens with one attached hydrogen (secondary N) is 3. The van der Waals surface area contributed by atoms with Crippen molar-refractivity contribution in [2.75, 3.05) is 39.0 Å². The number of guanidine groups is 1. The van der Waals surface area contributed by atoms with Gasteiger partial charge in [-0.3, -0.25) is 9.89 Å². The maximum Gasteiger partial charge on any atom is 0.209 e. The Labute approximate surface area is 186 Å². The topological polar surface area (TPSA) is 99.0 Å². The van der Waals surface area contributed by atoms with Crippen molar-refractivity contribution in [2.24, 2.45) is 4.99 Å². The van der Waals surface area contributed by atoms with Crippen LogP contribution in [0.4, 0.5) is 0 Å². The molecule has 8 nitrogen and oxygen atoms in total. The first kappa shape index (κ1) is 25.2. The second kappa shape index (κ2) is 11.4. The SMILES string of the molecule is CCNC(=NCC(C)(C)NS(C)(=O)=O)NCC(c1ccco1)N1CCCC1.I. The van der Waals surface area contributed by atoms with E-state index >= 15 is 0 Å². The van der Waals surface area contributed by atoms with Gasteiger partial charge in [-0.25, -0.2) is 13.1 Å². The number of likely N-dealkylation sites (tertiary alicyclic amines) is 1. The summed E-state index contributed by atoms with van der Waals surface area (Å²) in [6, 6.07) is 4.07. The molecule has 1 aliphatic heterocycles. The Morgan fingerprint density at radius 2 is 2.00 bits per heavy atom. The largest absolute Gasteiger partial charge is 0.468 e. The van der Waals surface area contributed by atoms with Gasteiger partial charge in [0, 0.05) is 18.6 Å². The highest BCUT2D eigenvalue weighted by atomic mass is 127. The number of nitrogens with zero attached hydrogens (tertiary/aromatic N) is 2. The van der Waals surface area contributed by atoms with Crippen LogP contribution in [0, 0.1) is 0 Å². The van der Waals surface area contributed by atoms with Crippen LogP contribution in [0.5, 0.6) is 0 Å². The average Bonchev–Trinajstić information content (AvgIpc) is 3.24. The van der Waals surface area contributed by atoms with Crippen molar-refractivity contribution in [2.45, 2.75) is 45.2 Å². The molecule has 1 aliphatic rings. The van der Waals surface area contributed by atoms with E-state index in [1.807, 2.05) is 32.9 Å². The van der Waals surface area contributed by atoms with Crippen LogP contribution in [0.1, 0.15) is 45.4 Å². The molecule has 162 valence electrons. The molecule has 28 heavy (non-hydrogen) atoms. The van der Waals surface area contributed by atoms with Gasteiger partial charge in [-0.2, -0.15) is 0 Å². The Balaban J connectivity index is 0.00000392. The summed E-state index contributed by atoms with van der Waals surface area (Å²) in [5, 5.41) is 6.60. The van der Waals surface area contributed by atoms with Crippen molar-refractivity contribution in [3.63, 3.8) is 0 Å². The van der Waals surface area contributed by atoms with Crippen molar-refractivity contribution < 1.29 is 12.8 Å². The quantitative estimate of drug-likeness (QED) is 0.258. The molecule has 1 atom stereocenters. The number of halogens is 1. The average molecular weight is 527 g/mol. The minimum absolute atomic E-state index is 0. The zero-order valence-electron chi connectivity index (χ0n) is 17.2. The second-order valence-electron chi connectivity index (χ2n) is 7.61. The third-order valence-electron chi connectivity index (χ3n) is 4.35. The molecule has 0 spiro atoms. The zero-order chi connectivity index (χ0) is 19.9. The summed E-state index contributed by atoms with van der Waals surface area (Å²) in [6.07, 6.45) is 5.27. The van der Waals surface area contributed by atoms with E-state index in [2.05, 4.69) is 25.2 Å². The lowest BCUT2D eigenvalue weighted by atomic mass is 10.1. The van der Waals surface area contributed by atoms with Gasteiger partial charge in [-0.05, 0) is 58.8 Å². The number of rotatable bonds is 9. The molecule has 1 aromatic rings. The van der Waals surface area contributed by atoms with E-state index in [0.29, 0.717) is 19.0 Å². The number of sulfonamides is 1. The Hall–Kier alpha value is -0.850. The molecular formula is C18H34IN5O3S. The van der Waals surface area contributed by atoms with Crippen LogP contribution in [0.3, 0.4) is 0 Å². The summed E-state index contributed by atoms with van der Waals surface area (Å²) in [5.41, 5.74) is -0.661. The Bertz CT molecular complexity index is 701. The van der Waals surface area contributed by atoms with Crippen molar-refractivity contribution in [3.8, 4) is 0 Å². The first-order valence-corrected chi connectivity index (χ1v) is 11.4. The molecule has 0 radical (unpaired) electrons. The Kier molecular flexibility index (Phi) is 10.2. The molecule has 3 N–H and O–H groups in total. The first-order chi connectivity index (χ1) is 12.7. The lowest BCUT2D eigenvalue weighted by Gasteiger charge is -2.27. The number of hydrogen-bond donors (Lipinski definition) is 3. The van der Waals surface area contributed by atoms with Crippen molar-refractivity contribution >= 4 is 40.0 Å². The van der Waals surface area contributed by atoms with E-state index in [9.17, 15) is 8.42 Å². The normalized spacial score (nSPS) is 17.2. The minimum Gasteiger partial charge on any atom is -0.468 e. The van der Waals surface area contributed by atoms with Gasteiger partial charge in [0.1, 0.15) is 5.76 Å². The third kappa shape index (κ3) is 8.66. The van der Waals surface area contributed by atoms with Gasteiger partial charge in [0.05, 0.1) is 25.1 Å². The van der Waals surface area contributed by atoms with Gasteiger partial charge in [0.15, 0.2) is 5.96 Å². The fourth-order valence-electron chi connectivity index (χ4n) is 3.29. The predicted octanol–water partition coefficient (Wildman–Crippen LogP) is 1.92. The maximum absolute atomic E-state index is 11.5. The Morgan fingerprint density at radius 1 is 1.32 bits per heavy atom. The van der Waals surface area contributed by atoms with Crippen molar-refractivity contribution in [1.29, 1.82) is 0 Å². The highest BCUT2D eigenvalue weighted by molar-refractivity contribution is 14.0. The standard InChI is InChI=1S/C18H33N5O3S.HI/c1-5-19-17(21-14-18(2,3)22-27(4,24)25)20-13-15(16-9-8-12-26-16)23-10-6-7-11-23;/h8-9,12,15,22H,5-7,10-11,13-14H2,1-4H3,(H2,19,20,21);1H. The molecule has 2 rings (SSSR count). The molecule has 1 fully saturated rings. The molecule has 2 heterocycles. The molecule has 0 amide bonds. The molecule has 0 bridgehead atoms. The van der Waals surface area contributed by atoms with Crippen LogP contribution in [0.15, 0.2) is 27.8 Å². The van der Waals surface area contributed by atoms with Crippen molar-refractivity contribution in [3.05, 3.63) is 24.2 Å². The minimum atomic E-state index is -3.29. The highest BCUT2D eigenvalue weighted by Crippen LogP contribution is 2.24. The zero-order valence-corrected chi connectivity index (χ0v) is 20.3. The van der Waals surface area contributed by atoms with Crippen LogP contribution in [-0.2, 0) is 10.0 Å². The van der Waals surface area contributed by atoms with Gasteiger partial charge < -0.3 is 15.1 Å². The first-order valence-electron chi connectivity index (χ1n) is 9.49. The summed E-state index contributed by atoms with van der Waals surface area (Å²) in [6.45, 7) is 9.47. The molecule has 1 unspecified atom stereocenters. The van der Waals surface area contributed by atoms with Gasteiger partial charge in [-0.1, -0.05) is 0 Å². The fraction of sp³-hybridized carbons (Fsp3) is 0.722.